The quantitative estimate of drug-likeness (QED) is 0.906. The highest BCUT2D eigenvalue weighted by atomic mass is 16.2. The summed E-state index contributed by atoms with van der Waals surface area (Å²) in [5.74, 6) is 0.852. The molecule has 1 aromatic rings. The number of aromatic nitrogens is 1. The van der Waals surface area contributed by atoms with Gasteiger partial charge in [-0.3, -0.25) is 4.79 Å². The van der Waals surface area contributed by atoms with E-state index in [0.29, 0.717) is 11.7 Å². The van der Waals surface area contributed by atoms with Crippen LogP contribution >= 0.6 is 0 Å². The van der Waals surface area contributed by atoms with Gasteiger partial charge in [0.25, 0.3) is 5.91 Å². The zero-order valence-electron chi connectivity index (χ0n) is 11.9. The van der Waals surface area contributed by atoms with Gasteiger partial charge in [-0.15, -0.1) is 0 Å². The van der Waals surface area contributed by atoms with Gasteiger partial charge in [-0.05, 0) is 44.7 Å². The van der Waals surface area contributed by atoms with Crippen LogP contribution < -0.4 is 5.32 Å². The van der Waals surface area contributed by atoms with E-state index < -0.39 is 0 Å². The number of hydrogen-bond acceptors (Lipinski definition) is 3. The summed E-state index contributed by atoms with van der Waals surface area (Å²) in [6.45, 7) is 5.85. The van der Waals surface area contributed by atoms with Crippen LogP contribution in [0.15, 0.2) is 18.2 Å². The summed E-state index contributed by atoms with van der Waals surface area (Å²) in [6, 6.07) is 5.98. The predicted molar refractivity (Wildman–Crippen MR) is 77.4 cm³/mol. The first-order chi connectivity index (χ1) is 9.26. The lowest BCUT2D eigenvalue weighted by Crippen LogP contribution is -2.43. The lowest BCUT2D eigenvalue weighted by atomic mass is 9.99. The highest BCUT2D eigenvalue weighted by Gasteiger charge is 2.26. The van der Waals surface area contributed by atoms with Crippen LogP contribution in [0.1, 0.15) is 50.0 Å². The Morgan fingerprint density at radius 1 is 1.42 bits per heavy atom. The summed E-state index contributed by atoms with van der Waals surface area (Å²) in [5, 5.41) is 3.15. The van der Waals surface area contributed by atoms with Gasteiger partial charge in [-0.25, -0.2) is 4.98 Å². The minimum atomic E-state index is 0.0753. The van der Waals surface area contributed by atoms with Crippen molar-refractivity contribution in [2.75, 3.05) is 18.4 Å². The number of carbonyl (C=O) groups is 1. The van der Waals surface area contributed by atoms with Gasteiger partial charge in [0.1, 0.15) is 11.5 Å². The molecule has 0 bridgehead atoms. The van der Waals surface area contributed by atoms with Crippen LogP contribution in [-0.2, 0) is 0 Å². The van der Waals surface area contributed by atoms with Crippen LogP contribution in [0.3, 0.4) is 0 Å². The molecular formula is C15H23N3O. The van der Waals surface area contributed by atoms with Crippen molar-refractivity contribution in [1.82, 2.24) is 9.88 Å². The Kier molecular flexibility index (Phi) is 4.77. The van der Waals surface area contributed by atoms with Gasteiger partial charge in [0, 0.05) is 19.1 Å². The molecule has 1 saturated heterocycles. The van der Waals surface area contributed by atoms with Crippen molar-refractivity contribution in [2.24, 2.45) is 0 Å². The highest BCUT2D eigenvalue weighted by Crippen LogP contribution is 2.21. The third-order valence-corrected chi connectivity index (χ3v) is 3.69. The molecule has 0 spiro atoms. The maximum absolute atomic E-state index is 12.6. The molecule has 1 atom stereocenters. The van der Waals surface area contributed by atoms with Crippen LogP contribution in [0.25, 0.3) is 0 Å². The van der Waals surface area contributed by atoms with E-state index in [1.807, 2.05) is 30.0 Å². The Morgan fingerprint density at radius 2 is 2.26 bits per heavy atom. The molecule has 4 heteroatoms. The second kappa shape index (κ2) is 6.55. The van der Waals surface area contributed by atoms with E-state index >= 15 is 0 Å². The molecule has 1 fully saturated rings. The Bertz CT molecular complexity index is 433. The van der Waals surface area contributed by atoms with Crippen LogP contribution in [-0.4, -0.2) is 34.9 Å². The minimum absolute atomic E-state index is 0.0753. The number of nitrogens with one attached hydrogen (secondary N) is 1. The standard InChI is InChI=1S/C15H23N3O/c1-3-12-8-5-6-11-18(12)15(19)13-9-7-10-14(17-13)16-4-2/h7,9-10,12H,3-6,8,11H2,1-2H3,(H,16,17). The lowest BCUT2D eigenvalue weighted by Gasteiger charge is -2.35. The molecule has 0 radical (unpaired) electrons. The lowest BCUT2D eigenvalue weighted by molar-refractivity contribution is 0.0602. The number of pyridine rings is 1. The van der Waals surface area contributed by atoms with Crippen molar-refractivity contribution in [2.45, 2.75) is 45.6 Å². The Morgan fingerprint density at radius 3 is 3.00 bits per heavy atom. The van der Waals surface area contributed by atoms with Gasteiger partial charge in [0.2, 0.25) is 0 Å². The molecule has 0 saturated carbocycles. The number of hydrogen-bond donors (Lipinski definition) is 1. The van der Waals surface area contributed by atoms with Crippen LogP contribution in [0.2, 0.25) is 0 Å². The summed E-state index contributed by atoms with van der Waals surface area (Å²) < 4.78 is 0. The first kappa shape index (κ1) is 13.8. The second-order valence-corrected chi connectivity index (χ2v) is 4.99. The molecule has 1 unspecified atom stereocenters. The zero-order chi connectivity index (χ0) is 13.7. The van der Waals surface area contributed by atoms with E-state index in [4.69, 9.17) is 0 Å². The van der Waals surface area contributed by atoms with Crippen molar-refractivity contribution < 1.29 is 4.79 Å². The molecule has 0 aromatic carbocycles. The number of piperidine rings is 1. The van der Waals surface area contributed by atoms with Crippen molar-refractivity contribution in [3.63, 3.8) is 0 Å². The highest BCUT2D eigenvalue weighted by molar-refractivity contribution is 5.93. The van der Waals surface area contributed by atoms with Crippen molar-refractivity contribution in [3.05, 3.63) is 23.9 Å². The smallest absolute Gasteiger partial charge is 0.272 e. The maximum Gasteiger partial charge on any atom is 0.272 e. The summed E-state index contributed by atoms with van der Waals surface area (Å²) >= 11 is 0. The van der Waals surface area contributed by atoms with Gasteiger partial charge < -0.3 is 10.2 Å². The minimum Gasteiger partial charge on any atom is -0.370 e. The number of likely N-dealkylation sites (tertiary alicyclic amines) is 1. The fourth-order valence-corrected chi connectivity index (χ4v) is 2.67. The first-order valence-electron chi connectivity index (χ1n) is 7.28. The molecular weight excluding hydrogens is 238 g/mol. The fourth-order valence-electron chi connectivity index (χ4n) is 2.67. The largest absolute Gasteiger partial charge is 0.370 e. The van der Waals surface area contributed by atoms with Gasteiger partial charge >= 0.3 is 0 Å². The van der Waals surface area contributed by atoms with E-state index in [9.17, 15) is 4.79 Å². The van der Waals surface area contributed by atoms with E-state index in [2.05, 4.69) is 17.2 Å². The van der Waals surface area contributed by atoms with E-state index in [0.717, 1.165) is 38.2 Å². The molecule has 2 heterocycles. The summed E-state index contributed by atoms with van der Waals surface area (Å²) in [6.07, 6.45) is 4.48. The Balaban J connectivity index is 2.15. The van der Waals surface area contributed by atoms with Gasteiger partial charge in [0.05, 0.1) is 0 Å². The molecule has 1 aromatic heterocycles. The molecule has 1 amide bonds. The number of nitrogens with zero attached hydrogens (tertiary/aromatic N) is 2. The normalized spacial score (nSPS) is 19.3. The van der Waals surface area contributed by atoms with E-state index in [-0.39, 0.29) is 5.91 Å². The van der Waals surface area contributed by atoms with Crippen LogP contribution in [0.5, 0.6) is 0 Å². The molecule has 1 aliphatic rings. The Labute approximate surface area is 115 Å². The van der Waals surface area contributed by atoms with Crippen molar-refractivity contribution in [3.8, 4) is 0 Å². The summed E-state index contributed by atoms with van der Waals surface area (Å²) in [4.78, 5) is 19.0. The van der Waals surface area contributed by atoms with Gasteiger partial charge in [-0.2, -0.15) is 0 Å². The van der Waals surface area contributed by atoms with E-state index in [1.54, 1.807) is 0 Å². The van der Waals surface area contributed by atoms with Crippen LogP contribution in [0.4, 0.5) is 5.82 Å². The molecule has 1 aliphatic heterocycles. The van der Waals surface area contributed by atoms with Gasteiger partial charge in [-0.1, -0.05) is 13.0 Å². The molecule has 0 aliphatic carbocycles. The zero-order valence-corrected chi connectivity index (χ0v) is 11.9. The third kappa shape index (κ3) is 3.25. The number of rotatable bonds is 4. The maximum atomic E-state index is 12.6. The molecule has 19 heavy (non-hydrogen) atoms. The topological polar surface area (TPSA) is 45.2 Å². The second-order valence-electron chi connectivity index (χ2n) is 4.99. The summed E-state index contributed by atoms with van der Waals surface area (Å²) in [7, 11) is 0. The first-order valence-corrected chi connectivity index (χ1v) is 7.28. The SMILES string of the molecule is CCNc1cccc(C(=O)N2CCCCC2CC)n1. The molecule has 104 valence electrons. The predicted octanol–water partition coefficient (Wildman–Crippen LogP) is 2.92. The monoisotopic (exact) mass is 261 g/mol. The summed E-state index contributed by atoms with van der Waals surface area (Å²) in [5.41, 5.74) is 0.554. The fraction of sp³-hybridized carbons (Fsp3) is 0.600. The Hall–Kier alpha value is -1.58. The third-order valence-electron chi connectivity index (χ3n) is 3.69. The average molecular weight is 261 g/mol. The average Bonchev–Trinajstić information content (AvgIpc) is 2.47. The van der Waals surface area contributed by atoms with Gasteiger partial charge in [0.15, 0.2) is 0 Å². The molecule has 1 N–H and O–H groups in total. The molecule has 4 nitrogen and oxygen atoms in total. The van der Waals surface area contributed by atoms with Crippen molar-refractivity contribution in [1.29, 1.82) is 0 Å². The molecule has 2 rings (SSSR count). The van der Waals surface area contributed by atoms with Crippen LogP contribution in [0, 0.1) is 0 Å². The number of anilines is 1. The van der Waals surface area contributed by atoms with Crippen molar-refractivity contribution >= 4 is 11.7 Å². The van der Waals surface area contributed by atoms with E-state index in [1.165, 1.54) is 6.42 Å². The number of amides is 1. The number of carbonyl (C=O) groups excluding carboxylic acids is 1.